The molecule has 2 rings (SSSR count). The van der Waals surface area contributed by atoms with Gasteiger partial charge in [-0.2, -0.15) is 0 Å². The first-order chi connectivity index (χ1) is 13.2. The summed E-state index contributed by atoms with van der Waals surface area (Å²) in [6.45, 7) is 17.9. The van der Waals surface area contributed by atoms with Gasteiger partial charge in [0, 0.05) is 12.4 Å². The molecule has 0 fully saturated rings. The molecule has 0 radical (unpaired) electrons. The zero-order chi connectivity index (χ0) is 20.8. The first-order valence-electron chi connectivity index (χ1n) is 10.6. The molecule has 0 aliphatic rings. The van der Waals surface area contributed by atoms with Crippen LogP contribution in [-0.4, -0.2) is 12.4 Å². The predicted molar refractivity (Wildman–Crippen MR) is 126 cm³/mol. The lowest BCUT2D eigenvalue weighted by Gasteiger charge is -2.18. The maximum atomic E-state index is 4.74. The van der Waals surface area contributed by atoms with Crippen molar-refractivity contribution in [3.05, 3.63) is 58.7 Å². The Kier molecular flexibility index (Phi) is 7.74. The molecule has 28 heavy (non-hydrogen) atoms. The molecule has 0 aliphatic carbocycles. The first kappa shape index (κ1) is 22.1. The minimum absolute atomic E-state index is 0.443. The fourth-order valence-corrected chi connectivity index (χ4v) is 3.86. The zero-order valence-corrected chi connectivity index (χ0v) is 18.8. The van der Waals surface area contributed by atoms with Crippen LogP contribution in [0, 0.1) is 0 Å². The quantitative estimate of drug-likeness (QED) is 0.434. The molecule has 2 nitrogen and oxygen atoms in total. The molecule has 0 saturated carbocycles. The maximum absolute atomic E-state index is 4.74. The Balaban J connectivity index is 2.35. The minimum atomic E-state index is 0.443. The van der Waals surface area contributed by atoms with E-state index in [2.05, 4.69) is 91.8 Å². The predicted octanol–water partition coefficient (Wildman–Crippen LogP) is 8.29. The summed E-state index contributed by atoms with van der Waals surface area (Å²) in [5.74, 6) is 1.87. The number of rotatable bonds is 7. The summed E-state index contributed by atoms with van der Waals surface area (Å²) >= 11 is 0. The molecule has 0 unspecified atom stereocenters. The van der Waals surface area contributed by atoms with Gasteiger partial charge in [0.1, 0.15) is 0 Å². The highest BCUT2D eigenvalue weighted by Crippen LogP contribution is 2.35. The molecule has 0 amide bonds. The molecular weight excluding hydrogens is 340 g/mol. The normalized spacial score (nSPS) is 12.6. The Morgan fingerprint density at radius 1 is 0.536 bits per heavy atom. The van der Waals surface area contributed by atoms with E-state index in [1.165, 1.54) is 22.3 Å². The van der Waals surface area contributed by atoms with Gasteiger partial charge in [-0.15, -0.1) is 0 Å². The average Bonchev–Trinajstić information content (AvgIpc) is 2.64. The van der Waals surface area contributed by atoms with Crippen LogP contribution in [0.25, 0.3) is 0 Å². The van der Waals surface area contributed by atoms with Gasteiger partial charge in [-0.25, -0.2) is 0 Å². The van der Waals surface area contributed by atoms with Crippen LogP contribution in [0.1, 0.15) is 101 Å². The fraction of sp³-hybridized carbons (Fsp3) is 0.462. The monoisotopic (exact) mass is 376 g/mol. The summed E-state index contributed by atoms with van der Waals surface area (Å²) < 4.78 is 0. The summed E-state index contributed by atoms with van der Waals surface area (Å²) in [7, 11) is 0. The molecule has 0 spiro atoms. The standard InChI is InChI=1S/C26H36N2/c1-17(2)21-11-9-13-23(25(21)19(5)6)27-15-16-28-24-14-10-12-22(18(3)4)26(24)20(7)8/h9-20H,1-8H3. The summed E-state index contributed by atoms with van der Waals surface area (Å²) in [6, 6.07) is 12.9. The molecule has 0 saturated heterocycles. The topological polar surface area (TPSA) is 24.7 Å². The molecule has 0 N–H and O–H groups in total. The van der Waals surface area contributed by atoms with E-state index >= 15 is 0 Å². The molecule has 2 aromatic carbocycles. The molecule has 0 atom stereocenters. The van der Waals surface area contributed by atoms with Crippen LogP contribution in [0.15, 0.2) is 46.4 Å². The number of hydrogen-bond donors (Lipinski definition) is 0. The second-order valence-corrected chi connectivity index (χ2v) is 8.74. The Labute approximate surface area is 171 Å². The molecule has 2 heteroatoms. The van der Waals surface area contributed by atoms with Gasteiger partial charge in [-0.3, -0.25) is 9.98 Å². The summed E-state index contributed by atoms with van der Waals surface area (Å²) in [5, 5.41) is 0. The van der Waals surface area contributed by atoms with Gasteiger partial charge in [0.15, 0.2) is 0 Å². The van der Waals surface area contributed by atoms with Gasteiger partial charge < -0.3 is 0 Å². The zero-order valence-electron chi connectivity index (χ0n) is 18.8. The van der Waals surface area contributed by atoms with Crippen LogP contribution in [0.3, 0.4) is 0 Å². The SMILES string of the molecule is CC(C)c1cccc(N=CC=Nc2cccc(C(C)C)c2C(C)C)c1C(C)C. The number of hydrogen-bond acceptors (Lipinski definition) is 2. The van der Waals surface area contributed by atoms with Crippen molar-refractivity contribution in [3.63, 3.8) is 0 Å². The average molecular weight is 377 g/mol. The second kappa shape index (κ2) is 9.82. The van der Waals surface area contributed by atoms with Crippen molar-refractivity contribution in [3.8, 4) is 0 Å². The molecule has 0 heterocycles. The smallest absolute Gasteiger partial charge is 0.0667 e. The lowest BCUT2D eigenvalue weighted by atomic mass is 9.89. The molecule has 0 aliphatic heterocycles. The van der Waals surface area contributed by atoms with Gasteiger partial charge >= 0.3 is 0 Å². The van der Waals surface area contributed by atoms with Crippen molar-refractivity contribution in [1.29, 1.82) is 0 Å². The third-order valence-electron chi connectivity index (χ3n) is 5.13. The van der Waals surface area contributed by atoms with E-state index in [9.17, 15) is 0 Å². The van der Waals surface area contributed by atoms with Gasteiger partial charge in [-0.05, 0) is 58.1 Å². The van der Waals surface area contributed by atoms with E-state index < -0.39 is 0 Å². The van der Waals surface area contributed by atoms with Crippen LogP contribution in [0.2, 0.25) is 0 Å². The summed E-state index contributed by atoms with van der Waals surface area (Å²) in [5.41, 5.74) is 7.54. The van der Waals surface area contributed by atoms with Crippen molar-refractivity contribution in [2.45, 2.75) is 79.1 Å². The largest absolute Gasteiger partial charge is 0.255 e. The summed E-state index contributed by atoms with van der Waals surface area (Å²) in [4.78, 5) is 9.49. The lowest BCUT2D eigenvalue weighted by molar-refractivity contribution is 0.791. The third-order valence-corrected chi connectivity index (χ3v) is 5.13. The Bertz CT molecular complexity index is 768. The van der Waals surface area contributed by atoms with E-state index in [0.29, 0.717) is 23.7 Å². The van der Waals surface area contributed by atoms with Crippen molar-refractivity contribution in [1.82, 2.24) is 0 Å². The highest BCUT2D eigenvalue weighted by Gasteiger charge is 2.14. The van der Waals surface area contributed by atoms with Crippen molar-refractivity contribution in [2.24, 2.45) is 9.98 Å². The van der Waals surface area contributed by atoms with Crippen molar-refractivity contribution < 1.29 is 0 Å². The van der Waals surface area contributed by atoms with Crippen LogP contribution in [-0.2, 0) is 0 Å². The molecular formula is C26H36N2. The molecule has 2 aromatic rings. The Hall–Kier alpha value is -2.22. The number of nitrogens with zero attached hydrogens (tertiary/aromatic N) is 2. The Morgan fingerprint density at radius 3 is 1.18 bits per heavy atom. The minimum Gasteiger partial charge on any atom is -0.255 e. The third kappa shape index (κ3) is 5.19. The van der Waals surface area contributed by atoms with Gasteiger partial charge in [0.05, 0.1) is 11.4 Å². The molecule has 0 aromatic heterocycles. The number of aliphatic imine (C=N–C) groups is 2. The van der Waals surface area contributed by atoms with E-state index in [0.717, 1.165) is 11.4 Å². The number of benzene rings is 2. The van der Waals surface area contributed by atoms with Crippen LogP contribution in [0.4, 0.5) is 11.4 Å². The Morgan fingerprint density at radius 2 is 0.893 bits per heavy atom. The van der Waals surface area contributed by atoms with Crippen molar-refractivity contribution in [2.75, 3.05) is 0 Å². The van der Waals surface area contributed by atoms with Gasteiger partial charge in [-0.1, -0.05) is 79.7 Å². The van der Waals surface area contributed by atoms with E-state index in [-0.39, 0.29) is 0 Å². The van der Waals surface area contributed by atoms with Crippen LogP contribution < -0.4 is 0 Å². The summed E-state index contributed by atoms with van der Waals surface area (Å²) in [6.07, 6.45) is 3.66. The highest BCUT2D eigenvalue weighted by atomic mass is 14.8. The molecule has 150 valence electrons. The van der Waals surface area contributed by atoms with Crippen LogP contribution >= 0.6 is 0 Å². The van der Waals surface area contributed by atoms with E-state index in [4.69, 9.17) is 9.98 Å². The maximum Gasteiger partial charge on any atom is 0.0667 e. The fourth-order valence-electron chi connectivity index (χ4n) is 3.86. The van der Waals surface area contributed by atoms with E-state index in [1.54, 1.807) is 0 Å². The van der Waals surface area contributed by atoms with Gasteiger partial charge in [0.2, 0.25) is 0 Å². The van der Waals surface area contributed by atoms with E-state index in [1.807, 2.05) is 12.4 Å². The molecule has 0 bridgehead atoms. The lowest BCUT2D eigenvalue weighted by Crippen LogP contribution is -1.99. The van der Waals surface area contributed by atoms with Crippen LogP contribution in [0.5, 0.6) is 0 Å². The highest BCUT2D eigenvalue weighted by molar-refractivity contribution is 6.17. The van der Waals surface area contributed by atoms with Crippen molar-refractivity contribution >= 4 is 23.8 Å². The second-order valence-electron chi connectivity index (χ2n) is 8.74. The van der Waals surface area contributed by atoms with Gasteiger partial charge in [0.25, 0.3) is 0 Å². The first-order valence-corrected chi connectivity index (χ1v) is 10.6.